The Balaban J connectivity index is 2.75. The van der Waals surface area contributed by atoms with Crippen molar-refractivity contribution in [1.29, 1.82) is 0 Å². The zero-order valence-electron chi connectivity index (χ0n) is 9.32. The van der Waals surface area contributed by atoms with Gasteiger partial charge in [0.2, 0.25) is 0 Å². The molecule has 2 N–H and O–H groups in total. The second-order valence-electron chi connectivity index (χ2n) is 3.54. The number of aromatic nitrogens is 2. The fourth-order valence-electron chi connectivity index (χ4n) is 1.16. The number of aromatic amines is 1. The van der Waals surface area contributed by atoms with Crippen LogP contribution in [0.4, 0.5) is 0 Å². The number of hydrogen-bond acceptors (Lipinski definition) is 3. The van der Waals surface area contributed by atoms with Crippen molar-refractivity contribution in [3.63, 3.8) is 0 Å². The summed E-state index contributed by atoms with van der Waals surface area (Å²) < 4.78 is 0. The molecule has 1 rings (SSSR count). The average Bonchev–Trinajstić information content (AvgIpc) is 2.74. The van der Waals surface area contributed by atoms with Crippen LogP contribution in [-0.4, -0.2) is 45.6 Å². The van der Waals surface area contributed by atoms with Crippen molar-refractivity contribution in [3.05, 3.63) is 17.7 Å². The molecule has 5 nitrogen and oxygen atoms in total. The number of aliphatic hydroxyl groups excluding tert-OH is 1. The number of nitrogens with one attached hydrogen (secondary N) is 1. The van der Waals surface area contributed by atoms with E-state index in [0.29, 0.717) is 5.69 Å². The van der Waals surface area contributed by atoms with Crippen LogP contribution in [0.25, 0.3) is 0 Å². The van der Waals surface area contributed by atoms with Crippen molar-refractivity contribution < 1.29 is 9.90 Å². The Bertz CT molecular complexity index is 335. The lowest BCUT2D eigenvalue weighted by atomic mass is 10.3. The molecule has 0 aliphatic heterocycles. The lowest BCUT2D eigenvalue weighted by Crippen LogP contribution is -2.37. The van der Waals surface area contributed by atoms with E-state index < -0.39 is 0 Å². The van der Waals surface area contributed by atoms with Gasteiger partial charge >= 0.3 is 0 Å². The monoisotopic (exact) mass is 211 g/mol. The molecule has 1 aromatic rings. The Morgan fingerprint density at radius 3 is 2.87 bits per heavy atom. The van der Waals surface area contributed by atoms with Crippen LogP contribution in [0, 0.1) is 0 Å². The highest BCUT2D eigenvalue weighted by Gasteiger charge is 2.18. The molecule has 0 saturated carbocycles. The van der Waals surface area contributed by atoms with Crippen molar-refractivity contribution in [2.45, 2.75) is 26.3 Å². The molecule has 0 aliphatic carbocycles. The van der Waals surface area contributed by atoms with E-state index in [-0.39, 0.29) is 18.6 Å². The summed E-state index contributed by atoms with van der Waals surface area (Å²) >= 11 is 0. The molecule has 0 saturated heterocycles. The lowest BCUT2D eigenvalue weighted by Gasteiger charge is -2.22. The molecule has 1 aromatic heterocycles. The smallest absolute Gasteiger partial charge is 0.271 e. The first-order valence-electron chi connectivity index (χ1n) is 5.02. The second kappa shape index (κ2) is 4.93. The molecule has 0 spiro atoms. The number of carbonyl (C=O) groups is 1. The van der Waals surface area contributed by atoms with Crippen molar-refractivity contribution >= 4 is 5.91 Å². The van der Waals surface area contributed by atoms with Gasteiger partial charge in [-0.25, -0.2) is 4.98 Å². The van der Waals surface area contributed by atoms with Crippen molar-refractivity contribution in [3.8, 4) is 0 Å². The van der Waals surface area contributed by atoms with E-state index in [1.165, 1.54) is 11.1 Å². The van der Waals surface area contributed by atoms with Crippen molar-refractivity contribution in [2.75, 3.05) is 13.7 Å². The Hall–Kier alpha value is -1.36. The number of likely N-dealkylation sites (N-methyl/N-ethyl adjacent to an activating group) is 1. The van der Waals surface area contributed by atoms with E-state index in [0.717, 1.165) is 12.2 Å². The van der Waals surface area contributed by atoms with Gasteiger partial charge < -0.3 is 15.0 Å². The van der Waals surface area contributed by atoms with Crippen LogP contribution in [0.5, 0.6) is 0 Å². The summed E-state index contributed by atoms with van der Waals surface area (Å²) in [6.07, 6.45) is 2.30. The fraction of sp³-hybridized carbons (Fsp3) is 0.600. The molecule has 1 amide bonds. The molecule has 0 fully saturated rings. The standard InChI is InChI=1S/C10H17N3O2/c1-4-9-11-5-8(12-9)10(15)13(3)7(2)6-14/h5,7,14H,4,6H2,1-3H3,(H,11,12). The van der Waals surface area contributed by atoms with E-state index in [4.69, 9.17) is 5.11 Å². The van der Waals surface area contributed by atoms with Crippen LogP contribution in [0.1, 0.15) is 30.2 Å². The van der Waals surface area contributed by atoms with Gasteiger partial charge in [-0.2, -0.15) is 0 Å². The van der Waals surface area contributed by atoms with Crippen LogP contribution in [0.15, 0.2) is 6.20 Å². The summed E-state index contributed by atoms with van der Waals surface area (Å²) in [5.74, 6) is 0.646. The largest absolute Gasteiger partial charge is 0.394 e. The summed E-state index contributed by atoms with van der Waals surface area (Å²) in [6, 6.07) is -0.189. The number of aryl methyl sites for hydroxylation is 1. The Morgan fingerprint density at radius 1 is 1.73 bits per heavy atom. The minimum atomic E-state index is -0.189. The van der Waals surface area contributed by atoms with Gasteiger partial charge in [-0.3, -0.25) is 4.79 Å². The SMILES string of the molecule is CCc1ncc(C(=O)N(C)C(C)CO)[nH]1. The molecule has 15 heavy (non-hydrogen) atoms. The average molecular weight is 211 g/mol. The van der Waals surface area contributed by atoms with Crippen LogP contribution < -0.4 is 0 Å². The number of rotatable bonds is 4. The minimum absolute atomic E-state index is 0.0446. The molecule has 1 heterocycles. The van der Waals surface area contributed by atoms with Gasteiger partial charge in [0.15, 0.2) is 0 Å². The van der Waals surface area contributed by atoms with Gasteiger partial charge in [-0.05, 0) is 6.92 Å². The Morgan fingerprint density at radius 2 is 2.40 bits per heavy atom. The summed E-state index contributed by atoms with van der Waals surface area (Å²) in [7, 11) is 1.66. The maximum absolute atomic E-state index is 11.8. The quantitative estimate of drug-likeness (QED) is 0.758. The van der Waals surface area contributed by atoms with Gasteiger partial charge in [0, 0.05) is 13.5 Å². The highest BCUT2D eigenvalue weighted by atomic mass is 16.3. The van der Waals surface area contributed by atoms with E-state index in [2.05, 4.69) is 9.97 Å². The van der Waals surface area contributed by atoms with Crippen molar-refractivity contribution in [2.24, 2.45) is 0 Å². The third-order valence-electron chi connectivity index (χ3n) is 2.44. The van der Waals surface area contributed by atoms with Gasteiger partial charge in [0.25, 0.3) is 5.91 Å². The van der Waals surface area contributed by atoms with Crippen LogP contribution in [0.3, 0.4) is 0 Å². The van der Waals surface area contributed by atoms with E-state index in [1.54, 1.807) is 14.0 Å². The fourth-order valence-corrected chi connectivity index (χ4v) is 1.16. The number of aliphatic hydroxyl groups is 1. The molecular formula is C10H17N3O2. The molecule has 1 unspecified atom stereocenters. The third-order valence-corrected chi connectivity index (χ3v) is 2.44. The van der Waals surface area contributed by atoms with Crippen LogP contribution >= 0.6 is 0 Å². The summed E-state index contributed by atoms with van der Waals surface area (Å²) in [4.78, 5) is 20.3. The number of imidazole rings is 1. The normalized spacial score (nSPS) is 12.5. The highest BCUT2D eigenvalue weighted by Crippen LogP contribution is 2.04. The maximum Gasteiger partial charge on any atom is 0.271 e. The zero-order valence-corrected chi connectivity index (χ0v) is 9.32. The second-order valence-corrected chi connectivity index (χ2v) is 3.54. The molecule has 0 bridgehead atoms. The summed E-state index contributed by atoms with van der Waals surface area (Å²) in [6.45, 7) is 3.71. The molecule has 84 valence electrons. The molecule has 0 aromatic carbocycles. The molecule has 0 radical (unpaired) electrons. The maximum atomic E-state index is 11.8. The minimum Gasteiger partial charge on any atom is -0.394 e. The molecule has 0 aliphatic rings. The van der Waals surface area contributed by atoms with E-state index in [9.17, 15) is 4.79 Å². The van der Waals surface area contributed by atoms with Gasteiger partial charge in [-0.1, -0.05) is 6.92 Å². The molecule has 1 atom stereocenters. The lowest BCUT2D eigenvalue weighted by molar-refractivity contribution is 0.0677. The molecule has 5 heteroatoms. The Kier molecular flexibility index (Phi) is 3.85. The summed E-state index contributed by atoms with van der Waals surface area (Å²) in [5, 5.41) is 8.93. The zero-order chi connectivity index (χ0) is 11.4. The van der Waals surface area contributed by atoms with E-state index >= 15 is 0 Å². The number of H-pyrrole nitrogens is 1. The van der Waals surface area contributed by atoms with Crippen LogP contribution in [0.2, 0.25) is 0 Å². The predicted molar refractivity (Wildman–Crippen MR) is 56.6 cm³/mol. The first-order valence-corrected chi connectivity index (χ1v) is 5.02. The predicted octanol–water partition coefficient (Wildman–Crippen LogP) is 0.425. The number of hydrogen-bond donors (Lipinski definition) is 2. The number of amides is 1. The van der Waals surface area contributed by atoms with Crippen molar-refractivity contribution in [1.82, 2.24) is 14.9 Å². The van der Waals surface area contributed by atoms with E-state index in [1.807, 2.05) is 6.92 Å². The first kappa shape index (κ1) is 11.7. The topological polar surface area (TPSA) is 69.2 Å². The molecular weight excluding hydrogens is 194 g/mol. The first-order chi connectivity index (χ1) is 7.10. The number of carbonyl (C=O) groups excluding carboxylic acids is 1. The summed E-state index contributed by atoms with van der Waals surface area (Å²) in [5.41, 5.74) is 0.467. The van der Waals surface area contributed by atoms with Crippen LogP contribution in [-0.2, 0) is 6.42 Å². The van der Waals surface area contributed by atoms with Gasteiger partial charge in [-0.15, -0.1) is 0 Å². The Labute approximate surface area is 89.1 Å². The highest BCUT2D eigenvalue weighted by molar-refractivity contribution is 5.92. The number of nitrogens with zero attached hydrogens (tertiary/aromatic N) is 2. The van der Waals surface area contributed by atoms with Gasteiger partial charge in [0.1, 0.15) is 11.5 Å². The van der Waals surface area contributed by atoms with Gasteiger partial charge in [0.05, 0.1) is 18.8 Å². The third kappa shape index (κ3) is 2.56.